The molecule has 3 aromatic rings. The zero-order chi connectivity index (χ0) is 21.3. The third-order valence-corrected chi connectivity index (χ3v) is 5.78. The summed E-state index contributed by atoms with van der Waals surface area (Å²) >= 11 is 18.3. The average molecular weight is 465 g/mol. The van der Waals surface area contributed by atoms with E-state index in [0.29, 0.717) is 17.1 Å². The van der Waals surface area contributed by atoms with Crippen LogP contribution < -0.4 is 5.32 Å². The van der Waals surface area contributed by atoms with Gasteiger partial charge in [0, 0.05) is 17.2 Å². The molecule has 1 aromatic heterocycles. The second-order valence-electron chi connectivity index (χ2n) is 7.39. The minimum atomic E-state index is -1.82. The molecular formula is C21H20Cl3N5O. The number of nitrogens with zero attached hydrogens (tertiary/aromatic N) is 4. The number of hydrogen-bond donors (Lipinski definition) is 1. The Morgan fingerprint density at radius 2 is 1.80 bits per heavy atom. The number of halogens is 3. The van der Waals surface area contributed by atoms with Gasteiger partial charge in [0.15, 0.2) is 17.9 Å². The van der Waals surface area contributed by atoms with Gasteiger partial charge in [-0.2, -0.15) is 9.97 Å². The molecule has 30 heavy (non-hydrogen) atoms. The van der Waals surface area contributed by atoms with Crippen LogP contribution in [-0.2, 0) is 3.79 Å². The first-order chi connectivity index (χ1) is 14.3. The number of hydrogen-bond acceptors (Lipinski definition) is 6. The fraction of sp³-hybridized carbons (Fsp3) is 0.333. The third-order valence-electron chi connectivity index (χ3n) is 5.27. The minimum Gasteiger partial charge on any atom is -0.351 e. The number of carbonyl (C=O) groups is 1. The summed E-state index contributed by atoms with van der Waals surface area (Å²) in [6.45, 7) is 1.96. The van der Waals surface area contributed by atoms with Gasteiger partial charge in [-0.3, -0.25) is 4.79 Å². The Morgan fingerprint density at radius 1 is 1.07 bits per heavy atom. The predicted molar refractivity (Wildman–Crippen MR) is 122 cm³/mol. The summed E-state index contributed by atoms with van der Waals surface area (Å²) in [5.74, 6) is 0.633. The van der Waals surface area contributed by atoms with Gasteiger partial charge in [-0.1, -0.05) is 65.1 Å². The van der Waals surface area contributed by atoms with Gasteiger partial charge in [0.2, 0.25) is 9.74 Å². The Hall–Kier alpha value is -1.99. The van der Waals surface area contributed by atoms with Gasteiger partial charge in [0.05, 0.1) is 0 Å². The van der Waals surface area contributed by atoms with Crippen LogP contribution in [0, 0.1) is 0 Å². The second kappa shape index (κ2) is 8.63. The molecule has 1 aliphatic rings. The smallest absolute Gasteiger partial charge is 0.250 e. The summed E-state index contributed by atoms with van der Waals surface area (Å²) in [5.41, 5.74) is 1.05. The van der Waals surface area contributed by atoms with Gasteiger partial charge in [0.25, 0.3) is 0 Å². The van der Waals surface area contributed by atoms with Crippen molar-refractivity contribution in [3.8, 4) is 11.4 Å². The van der Waals surface area contributed by atoms with Crippen LogP contribution in [0.1, 0.15) is 29.0 Å². The fourth-order valence-electron chi connectivity index (χ4n) is 3.64. The maximum Gasteiger partial charge on any atom is 0.250 e. The highest BCUT2D eigenvalue weighted by Gasteiger charge is 2.29. The Kier molecular flexibility index (Phi) is 6.11. The normalized spacial score (nSPS) is 16.0. The zero-order valence-electron chi connectivity index (χ0n) is 16.3. The quantitative estimate of drug-likeness (QED) is 0.440. The molecular weight excluding hydrogens is 445 g/mol. The largest absolute Gasteiger partial charge is 0.351 e. The van der Waals surface area contributed by atoms with Crippen molar-refractivity contribution in [2.75, 3.05) is 25.5 Å². The molecule has 0 atom stereocenters. The van der Waals surface area contributed by atoms with Crippen LogP contribution in [-0.4, -0.2) is 52.3 Å². The van der Waals surface area contributed by atoms with Gasteiger partial charge < -0.3 is 10.2 Å². The second-order valence-corrected chi connectivity index (χ2v) is 9.67. The van der Waals surface area contributed by atoms with Crippen molar-refractivity contribution >= 4 is 57.8 Å². The number of alkyl halides is 3. The van der Waals surface area contributed by atoms with Crippen LogP contribution in [0.5, 0.6) is 0 Å². The number of aromatic nitrogens is 3. The average Bonchev–Trinajstić information content (AvgIpc) is 2.73. The van der Waals surface area contributed by atoms with Crippen molar-refractivity contribution in [3.63, 3.8) is 0 Å². The van der Waals surface area contributed by atoms with E-state index in [1.54, 1.807) is 0 Å². The lowest BCUT2D eigenvalue weighted by atomic mass is 9.99. The van der Waals surface area contributed by atoms with Crippen molar-refractivity contribution in [2.24, 2.45) is 0 Å². The molecule has 156 valence electrons. The number of benzene rings is 2. The summed E-state index contributed by atoms with van der Waals surface area (Å²) in [4.78, 5) is 27.5. The Balaban J connectivity index is 1.79. The van der Waals surface area contributed by atoms with E-state index in [2.05, 4.69) is 32.2 Å². The van der Waals surface area contributed by atoms with E-state index in [1.165, 1.54) is 0 Å². The lowest BCUT2D eigenvalue weighted by Gasteiger charge is -2.29. The van der Waals surface area contributed by atoms with Gasteiger partial charge in [-0.25, -0.2) is 4.98 Å². The number of likely N-dealkylation sites (tertiary alicyclic amines) is 1. The van der Waals surface area contributed by atoms with Crippen LogP contribution in [0.2, 0.25) is 0 Å². The number of aldehydes is 1. The molecule has 0 aliphatic carbocycles. The molecule has 1 N–H and O–H groups in total. The molecule has 0 saturated carbocycles. The summed E-state index contributed by atoms with van der Waals surface area (Å²) in [7, 11) is 2.10. The molecule has 0 amide bonds. The highest BCUT2D eigenvalue weighted by Crippen LogP contribution is 2.37. The number of fused-ring (bicyclic) bond motifs is 1. The van der Waals surface area contributed by atoms with Crippen LogP contribution in [0.4, 0.5) is 5.95 Å². The summed E-state index contributed by atoms with van der Waals surface area (Å²) in [5, 5.41) is 5.10. The van der Waals surface area contributed by atoms with E-state index in [9.17, 15) is 4.79 Å². The van der Waals surface area contributed by atoms with E-state index in [1.807, 2.05) is 36.4 Å². The predicted octanol–water partition coefficient (Wildman–Crippen LogP) is 4.84. The highest BCUT2D eigenvalue weighted by molar-refractivity contribution is 6.66. The topological polar surface area (TPSA) is 71.0 Å². The molecule has 1 fully saturated rings. The lowest BCUT2D eigenvalue weighted by Crippen LogP contribution is -2.37. The van der Waals surface area contributed by atoms with Crippen molar-refractivity contribution in [1.29, 1.82) is 0 Å². The SMILES string of the molecule is CN1CCC(Nc2nc(-c3ccc4ccccc4c3C=O)nc(C(Cl)(Cl)Cl)n2)CC1. The summed E-state index contributed by atoms with van der Waals surface area (Å²) in [6.07, 6.45) is 2.72. The molecule has 2 heterocycles. The van der Waals surface area contributed by atoms with Gasteiger partial charge in [-0.15, -0.1) is 0 Å². The molecule has 1 aliphatic heterocycles. The molecule has 0 spiro atoms. The van der Waals surface area contributed by atoms with Gasteiger partial charge in [0.1, 0.15) is 0 Å². The van der Waals surface area contributed by atoms with Crippen LogP contribution in [0.25, 0.3) is 22.2 Å². The maximum atomic E-state index is 12.0. The standard InChI is InChI=1S/C21H20Cl3N5O/c1-29-10-8-14(9-11-29)25-20-27-18(26-19(28-20)21(22,23)24)16-7-6-13-4-2-3-5-15(13)17(16)12-30/h2-7,12,14H,8-11H2,1H3,(H,25,26,27,28). The monoisotopic (exact) mass is 463 g/mol. The molecule has 0 unspecified atom stereocenters. The molecule has 0 radical (unpaired) electrons. The summed E-state index contributed by atoms with van der Waals surface area (Å²) in [6, 6.07) is 11.6. The van der Waals surface area contributed by atoms with Gasteiger partial charge >= 0.3 is 0 Å². The number of rotatable bonds is 4. The molecule has 9 heteroatoms. The van der Waals surface area contributed by atoms with Crippen molar-refractivity contribution < 1.29 is 4.79 Å². The number of nitrogens with one attached hydrogen (secondary N) is 1. The molecule has 1 saturated heterocycles. The molecule has 4 rings (SSSR count). The first-order valence-electron chi connectivity index (χ1n) is 9.61. The van der Waals surface area contributed by atoms with Crippen LogP contribution >= 0.6 is 34.8 Å². The van der Waals surface area contributed by atoms with E-state index in [0.717, 1.165) is 43.0 Å². The Morgan fingerprint density at radius 3 is 2.50 bits per heavy atom. The summed E-state index contributed by atoms with van der Waals surface area (Å²) < 4.78 is -1.82. The van der Waals surface area contributed by atoms with Crippen molar-refractivity contribution in [1.82, 2.24) is 19.9 Å². The van der Waals surface area contributed by atoms with E-state index >= 15 is 0 Å². The van der Waals surface area contributed by atoms with Crippen molar-refractivity contribution in [2.45, 2.75) is 22.7 Å². The molecule has 2 aromatic carbocycles. The molecule has 6 nitrogen and oxygen atoms in total. The van der Waals surface area contributed by atoms with Crippen LogP contribution in [0.3, 0.4) is 0 Å². The Labute approximate surface area is 189 Å². The van der Waals surface area contributed by atoms with Crippen LogP contribution in [0.15, 0.2) is 36.4 Å². The zero-order valence-corrected chi connectivity index (χ0v) is 18.5. The first kappa shape index (κ1) is 21.2. The molecule has 0 bridgehead atoms. The Bertz CT molecular complexity index is 1080. The van der Waals surface area contributed by atoms with E-state index < -0.39 is 3.79 Å². The maximum absolute atomic E-state index is 12.0. The number of anilines is 1. The fourth-order valence-corrected chi connectivity index (χ4v) is 3.89. The minimum absolute atomic E-state index is 0.0120. The van der Waals surface area contributed by atoms with Crippen molar-refractivity contribution in [3.05, 3.63) is 47.8 Å². The highest BCUT2D eigenvalue weighted by atomic mass is 35.6. The lowest BCUT2D eigenvalue weighted by molar-refractivity contribution is 0.112. The number of carbonyl (C=O) groups excluding carboxylic acids is 1. The van der Waals surface area contributed by atoms with E-state index in [-0.39, 0.29) is 17.7 Å². The first-order valence-corrected chi connectivity index (χ1v) is 10.7. The number of piperidine rings is 1. The third kappa shape index (κ3) is 4.52. The van der Waals surface area contributed by atoms with Gasteiger partial charge in [-0.05, 0) is 49.8 Å². The van der Waals surface area contributed by atoms with E-state index in [4.69, 9.17) is 34.8 Å².